The van der Waals surface area contributed by atoms with Crippen molar-refractivity contribution in [3.8, 4) is 0 Å². The molecule has 25 heavy (non-hydrogen) atoms. The normalized spacial score (nSPS) is 11.4. The standard InChI is InChI=1S/C17H24N6O2/c1-4-23(5-2)11-10-18-16(24)13-6-8-14(9-7-13)20-21-15-12(3)19-22-17(15)25/h6-9H,4-5,10-11H2,1-3H3,(H,18,24)(H2,19,22,25). The second-order valence-corrected chi connectivity index (χ2v) is 5.58. The first-order valence-electron chi connectivity index (χ1n) is 8.34. The SMILES string of the molecule is CCN(CC)CCNC(=O)c1ccc(N=Nc2c(C)[nH][nH]c2=O)cc1. The Labute approximate surface area is 146 Å². The topological polar surface area (TPSA) is 106 Å². The number of carbonyl (C=O) groups is 1. The van der Waals surface area contributed by atoms with Gasteiger partial charge >= 0.3 is 0 Å². The van der Waals surface area contributed by atoms with Gasteiger partial charge in [-0.15, -0.1) is 5.11 Å². The number of rotatable bonds is 8. The van der Waals surface area contributed by atoms with Crippen LogP contribution < -0.4 is 10.9 Å². The third-order valence-electron chi connectivity index (χ3n) is 3.94. The number of aryl methyl sites for hydroxylation is 1. The molecule has 1 amide bonds. The Bertz CT molecular complexity index is 771. The summed E-state index contributed by atoms with van der Waals surface area (Å²) >= 11 is 0. The minimum atomic E-state index is -0.314. The monoisotopic (exact) mass is 344 g/mol. The molecule has 3 N–H and O–H groups in total. The molecule has 2 rings (SSSR count). The van der Waals surface area contributed by atoms with Crippen LogP contribution in [0.3, 0.4) is 0 Å². The number of nitrogens with one attached hydrogen (secondary N) is 3. The lowest BCUT2D eigenvalue weighted by Crippen LogP contribution is -2.34. The van der Waals surface area contributed by atoms with E-state index in [0.717, 1.165) is 19.6 Å². The van der Waals surface area contributed by atoms with Gasteiger partial charge in [0.2, 0.25) is 0 Å². The Kier molecular flexibility index (Phi) is 6.64. The van der Waals surface area contributed by atoms with Gasteiger partial charge in [0.05, 0.1) is 11.4 Å². The van der Waals surface area contributed by atoms with Crippen LogP contribution >= 0.6 is 0 Å². The number of carbonyl (C=O) groups excluding carboxylic acids is 1. The van der Waals surface area contributed by atoms with E-state index in [2.05, 4.69) is 44.5 Å². The molecule has 134 valence electrons. The zero-order chi connectivity index (χ0) is 18.2. The summed E-state index contributed by atoms with van der Waals surface area (Å²) in [7, 11) is 0. The summed E-state index contributed by atoms with van der Waals surface area (Å²) in [6.45, 7) is 9.30. The quantitative estimate of drug-likeness (QED) is 0.641. The van der Waals surface area contributed by atoms with Crippen LogP contribution in [0.4, 0.5) is 11.4 Å². The Morgan fingerprint density at radius 1 is 1.12 bits per heavy atom. The molecule has 0 aliphatic carbocycles. The fourth-order valence-electron chi connectivity index (χ4n) is 2.32. The van der Waals surface area contributed by atoms with E-state index in [9.17, 15) is 9.59 Å². The van der Waals surface area contributed by atoms with E-state index in [1.807, 2.05) is 0 Å². The van der Waals surface area contributed by atoms with Crippen LogP contribution in [0.2, 0.25) is 0 Å². The average Bonchev–Trinajstić information content (AvgIpc) is 2.95. The number of amides is 1. The van der Waals surface area contributed by atoms with Crippen LogP contribution in [0.15, 0.2) is 39.3 Å². The third-order valence-corrected chi connectivity index (χ3v) is 3.94. The van der Waals surface area contributed by atoms with E-state index in [1.165, 1.54) is 0 Å². The molecule has 0 saturated carbocycles. The van der Waals surface area contributed by atoms with Crippen molar-refractivity contribution in [2.45, 2.75) is 20.8 Å². The predicted molar refractivity (Wildman–Crippen MR) is 96.9 cm³/mol. The Hall–Kier alpha value is -2.74. The summed E-state index contributed by atoms with van der Waals surface area (Å²) in [5.74, 6) is -0.117. The van der Waals surface area contributed by atoms with E-state index >= 15 is 0 Å². The maximum atomic E-state index is 12.1. The highest BCUT2D eigenvalue weighted by Gasteiger charge is 2.07. The summed E-state index contributed by atoms with van der Waals surface area (Å²) in [5, 5.41) is 16.0. The molecule has 0 bridgehead atoms. The maximum Gasteiger partial charge on any atom is 0.291 e. The highest BCUT2D eigenvalue weighted by atomic mass is 16.1. The maximum absolute atomic E-state index is 12.1. The Balaban J connectivity index is 1.93. The number of aromatic amines is 2. The van der Waals surface area contributed by atoms with Gasteiger partial charge in [0.1, 0.15) is 0 Å². The summed E-state index contributed by atoms with van der Waals surface area (Å²) < 4.78 is 0. The molecule has 1 aromatic heterocycles. The van der Waals surface area contributed by atoms with E-state index < -0.39 is 0 Å². The van der Waals surface area contributed by atoms with Crippen LogP contribution in [0, 0.1) is 6.92 Å². The molecule has 8 nitrogen and oxygen atoms in total. The summed E-state index contributed by atoms with van der Waals surface area (Å²) in [6.07, 6.45) is 0. The second-order valence-electron chi connectivity index (χ2n) is 5.58. The molecule has 0 unspecified atom stereocenters. The first-order valence-corrected chi connectivity index (χ1v) is 8.34. The molecule has 0 aliphatic rings. The minimum Gasteiger partial charge on any atom is -0.351 e. The zero-order valence-electron chi connectivity index (χ0n) is 14.8. The van der Waals surface area contributed by atoms with Crippen molar-refractivity contribution in [1.82, 2.24) is 20.4 Å². The van der Waals surface area contributed by atoms with Crippen molar-refractivity contribution >= 4 is 17.3 Å². The molecule has 0 radical (unpaired) electrons. The Morgan fingerprint density at radius 2 is 1.80 bits per heavy atom. The van der Waals surface area contributed by atoms with Gasteiger partial charge in [0.25, 0.3) is 11.5 Å². The van der Waals surface area contributed by atoms with E-state index in [0.29, 0.717) is 23.5 Å². The number of hydrogen-bond acceptors (Lipinski definition) is 5. The number of H-pyrrole nitrogens is 2. The Morgan fingerprint density at radius 3 is 2.36 bits per heavy atom. The number of azo groups is 1. The van der Waals surface area contributed by atoms with Gasteiger partial charge in [-0.1, -0.05) is 13.8 Å². The molecule has 0 spiro atoms. The number of benzene rings is 1. The summed E-state index contributed by atoms with van der Waals surface area (Å²) in [6, 6.07) is 6.77. The van der Waals surface area contributed by atoms with Gasteiger partial charge in [0.15, 0.2) is 5.69 Å². The van der Waals surface area contributed by atoms with Gasteiger partial charge in [-0.05, 0) is 44.3 Å². The number of aromatic nitrogens is 2. The predicted octanol–water partition coefficient (Wildman–Crippen LogP) is 2.50. The van der Waals surface area contributed by atoms with E-state index in [4.69, 9.17) is 0 Å². The van der Waals surface area contributed by atoms with Gasteiger partial charge in [-0.2, -0.15) is 5.11 Å². The lowest BCUT2D eigenvalue weighted by Gasteiger charge is -2.17. The molecule has 1 aromatic carbocycles. The van der Waals surface area contributed by atoms with Crippen molar-refractivity contribution < 1.29 is 4.79 Å². The summed E-state index contributed by atoms with van der Waals surface area (Å²) in [5.41, 5.74) is 1.69. The lowest BCUT2D eigenvalue weighted by atomic mass is 10.2. The first-order chi connectivity index (χ1) is 12.0. The second kappa shape index (κ2) is 8.93. The van der Waals surface area contributed by atoms with Crippen LogP contribution in [0.5, 0.6) is 0 Å². The van der Waals surface area contributed by atoms with Crippen molar-refractivity contribution in [2.24, 2.45) is 10.2 Å². The van der Waals surface area contributed by atoms with Crippen molar-refractivity contribution in [1.29, 1.82) is 0 Å². The fourth-order valence-corrected chi connectivity index (χ4v) is 2.32. The number of hydrogen-bond donors (Lipinski definition) is 3. The smallest absolute Gasteiger partial charge is 0.291 e. The molecular weight excluding hydrogens is 320 g/mol. The molecular formula is C17H24N6O2. The van der Waals surface area contributed by atoms with Crippen LogP contribution in [-0.2, 0) is 0 Å². The molecule has 0 atom stereocenters. The van der Waals surface area contributed by atoms with Gasteiger partial charge < -0.3 is 15.3 Å². The lowest BCUT2D eigenvalue weighted by molar-refractivity contribution is 0.0949. The molecule has 0 aliphatic heterocycles. The first kappa shape index (κ1) is 18.6. The van der Waals surface area contributed by atoms with Crippen molar-refractivity contribution in [3.05, 3.63) is 45.9 Å². The van der Waals surface area contributed by atoms with Crippen molar-refractivity contribution in [2.75, 3.05) is 26.2 Å². The molecule has 1 heterocycles. The van der Waals surface area contributed by atoms with Gasteiger partial charge in [-0.25, -0.2) is 0 Å². The van der Waals surface area contributed by atoms with Gasteiger partial charge in [0, 0.05) is 18.7 Å². The average molecular weight is 344 g/mol. The van der Waals surface area contributed by atoms with E-state index in [1.54, 1.807) is 31.2 Å². The van der Waals surface area contributed by atoms with Crippen LogP contribution in [0.1, 0.15) is 29.9 Å². The number of nitrogens with zero attached hydrogens (tertiary/aromatic N) is 3. The van der Waals surface area contributed by atoms with E-state index in [-0.39, 0.29) is 17.2 Å². The fraction of sp³-hybridized carbons (Fsp3) is 0.412. The largest absolute Gasteiger partial charge is 0.351 e. The number of likely N-dealkylation sites (N-methyl/N-ethyl adjacent to an activating group) is 1. The third kappa shape index (κ3) is 5.12. The molecule has 0 fully saturated rings. The zero-order valence-corrected chi connectivity index (χ0v) is 14.8. The van der Waals surface area contributed by atoms with Gasteiger partial charge in [-0.3, -0.25) is 14.7 Å². The molecule has 2 aromatic rings. The van der Waals surface area contributed by atoms with Crippen molar-refractivity contribution in [3.63, 3.8) is 0 Å². The molecule has 0 saturated heterocycles. The molecule has 8 heteroatoms. The summed E-state index contributed by atoms with van der Waals surface area (Å²) in [4.78, 5) is 25.9. The minimum absolute atomic E-state index is 0.117. The highest BCUT2D eigenvalue weighted by molar-refractivity contribution is 5.94. The van der Waals surface area contributed by atoms with Crippen LogP contribution in [0.25, 0.3) is 0 Å². The van der Waals surface area contributed by atoms with Crippen LogP contribution in [-0.4, -0.2) is 47.2 Å². The highest BCUT2D eigenvalue weighted by Crippen LogP contribution is 2.17.